The van der Waals surface area contributed by atoms with Crippen molar-refractivity contribution in [2.45, 2.75) is 6.54 Å². The molecule has 0 amide bonds. The Labute approximate surface area is 160 Å². The highest BCUT2D eigenvalue weighted by Crippen LogP contribution is 2.40. The number of benzene rings is 2. The van der Waals surface area contributed by atoms with E-state index in [4.69, 9.17) is 4.74 Å². The fourth-order valence-electron chi connectivity index (χ4n) is 3.52. The predicted molar refractivity (Wildman–Crippen MR) is 110 cm³/mol. The Morgan fingerprint density at radius 1 is 1.07 bits per heavy atom. The Morgan fingerprint density at radius 2 is 1.96 bits per heavy atom. The summed E-state index contributed by atoms with van der Waals surface area (Å²) >= 11 is 1.71. The van der Waals surface area contributed by atoms with Crippen LogP contribution in [0.2, 0.25) is 0 Å². The summed E-state index contributed by atoms with van der Waals surface area (Å²) in [6.45, 7) is 0.760. The van der Waals surface area contributed by atoms with E-state index in [1.54, 1.807) is 24.6 Å². The highest BCUT2D eigenvalue weighted by Gasteiger charge is 2.15. The second-order valence-electron chi connectivity index (χ2n) is 6.39. The zero-order valence-corrected chi connectivity index (χ0v) is 15.6. The summed E-state index contributed by atoms with van der Waals surface area (Å²) < 4.78 is 8.82. The molecule has 0 aliphatic carbocycles. The molecule has 27 heavy (non-hydrogen) atoms. The monoisotopic (exact) mass is 371 g/mol. The Hall–Kier alpha value is -3.18. The first-order valence-electron chi connectivity index (χ1n) is 8.73. The molecule has 4 nitrogen and oxygen atoms in total. The molecule has 0 fully saturated rings. The molecule has 0 atom stereocenters. The maximum absolute atomic E-state index is 5.71. The van der Waals surface area contributed by atoms with Crippen molar-refractivity contribution in [3.05, 3.63) is 78.1 Å². The van der Waals surface area contributed by atoms with Crippen LogP contribution in [0.3, 0.4) is 0 Å². The summed E-state index contributed by atoms with van der Waals surface area (Å²) in [7, 11) is 1.72. The van der Waals surface area contributed by atoms with Gasteiger partial charge in [0.15, 0.2) is 0 Å². The lowest BCUT2D eigenvalue weighted by Gasteiger charge is -2.13. The van der Waals surface area contributed by atoms with Crippen molar-refractivity contribution in [2.24, 2.45) is 0 Å². The van der Waals surface area contributed by atoms with E-state index in [2.05, 4.69) is 45.8 Å². The Kier molecular flexibility index (Phi) is 3.87. The van der Waals surface area contributed by atoms with E-state index in [-0.39, 0.29) is 0 Å². The lowest BCUT2D eigenvalue weighted by Crippen LogP contribution is -1.99. The molecule has 0 radical (unpaired) electrons. The van der Waals surface area contributed by atoms with E-state index in [9.17, 15) is 0 Å². The van der Waals surface area contributed by atoms with Gasteiger partial charge in [-0.3, -0.25) is 9.67 Å². The quantitative estimate of drug-likeness (QED) is 0.426. The number of aromatic nitrogens is 3. The van der Waals surface area contributed by atoms with Crippen LogP contribution >= 0.6 is 11.3 Å². The molecule has 5 aromatic rings. The summed E-state index contributed by atoms with van der Waals surface area (Å²) in [5.74, 6) is 0.864. The number of pyridine rings is 1. The average Bonchev–Trinajstić information content (AvgIpc) is 3.39. The van der Waals surface area contributed by atoms with Gasteiger partial charge in [-0.25, -0.2) is 0 Å². The third-order valence-corrected chi connectivity index (χ3v) is 5.65. The number of hydrogen-bond acceptors (Lipinski definition) is 4. The maximum Gasteiger partial charge on any atom is 0.127 e. The molecule has 2 aromatic carbocycles. The molecular weight excluding hydrogens is 354 g/mol. The van der Waals surface area contributed by atoms with Crippen molar-refractivity contribution >= 4 is 32.3 Å². The molecule has 0 saturated carbocycles. The van der Waals surface area contributed by atoms with Gasteiger partial charge in [0, 0.05) is 34.9 Å². The van der Waals surface area contributed by atoms with Crippen LogP contribution in [0.5, 0.6) is 5.75 Å². The lowest BCUT2D eigenvalue weighted by atomic mass is 9.96. The van der Waals surface area contributed by atoms with Gasteiger partial charge < -0.3 is 4.74 Å². The van der Waals surface area contributed by atoms with Gasteiger partial charge in [0.2, 0.25) is 0 Å². The molecule has 0 aliphatic heterocycles. The summed E-state index contributed by atoms with van der Waals surface area (Å²) in [6, 6.07) is 16.7. The number of rotatable bonds is 4. The zero-order chi connectivity index (χ0) is 18.2. The minimum Gasteiger partial charge on any atom is -0.496 e. The van der Waals surface area contributed by atoms with Crippen molar-refractivity contribution in [2.75, 3.05) is 7.11 Å². The molecule has 0 unspecified atom stereocenters. The molecular formula is C22H17N3OS. The van der Waals surface area contributed by atoms with Gasteiger partial charge in [-0.2, -0.15) is 5.10 Å². The molecule has 0 aliphatic rings. The molecule has 5 rings (SSSR count). The topological polar surface area (TPSA) is 39.9 Å². The Morgan fingerprint density at radius 3 is 2.74 bits per heavy atom. The Balaban J connectivity index is 1.68. The van der Waals surface area contributed by atoms with Crippen LogP contribution in [0.1, 0.15) is 5.56 Å². The average molecular weight is 371 g/mol. The number of methoxy groups -OCH3 is 1. The van der Waals surface area contributed by atoms with Gasteiger partial charge in [-0.1, -0.05) is 24.3 Å². The van der Waals surface area contributed by atoms with E-state index < -0.39 is 0 Å². The van der Waals surface area contributed by atoms with E-state index >= 15 is 0 Å². The van der Waals surface area contributed by atoms with Crippen LogP contribution in [0.25, 0.3) is 32.1 Å². The first-order valence-corrected chi connectivity index (χ1v) is 9.61. The minimum atomic E-state index is 0.760. The standard InChI is InChI=1S/C22H17N3OS/c1-26-19-8-7-18-22(17-9-12-27-20(17)13-23-18)21(19)16-5-3-15(4-6-16)14-25-11-2-10-24-25/h2-13H,14H2,1H3. The van der Waals surface area contributed by atoms with Crippen LogP contribution in [0.4, 0.5) is 0 Å². The van der Waals surface area contributed by atoms with Crippen molar-refractivity contribution < 1.29 is 4.74 Å². The first-order chi connectivity index (χ1) is 13.3. The van der Waals surface area contributed by atoms with Gasteiger partial charge in [0.05, 0.1) is 23.9 Å². The van der Waals surface area contributed by atoms with Crippen molar-refractivity contribution in [3.8, 4) is 16.9 Å². The highest BCUT2D eigenvalue weighted by atomic mass is 32.1. The normalized spacial score (nSPS) is 11.3. The molecule has 0 N–H and O–H groups in total. The lowest BCUT2D eigenvalue weighted by molar-refractivity contribution is 0.417. The third-order valence-electron chi connectivity index (χ3n) is 4.80. The molecule has 3 heterocycles. The molecule has 5 heteroatoms. The molecule has 3 aromatic heterocycles. The summed E-state index contributed by atoms with van der Waals surface area (Å²) in [6.07, 6.45) is 5.72. The van der Waals surface area contributed by atoms with Gasteiger partial charge in [0.1, 0.15) is 5.75 Å². The Bertz CT molecular complexity index is 1220. The zero-order valence-electron chi connectivity index (χ0n) is 14.8. The highest BCUT2D eigenvalue weighted by molar-refractivity contribution is 7.17. The maximum atomic E-state index is 5.71. The first kappa shape index (κ1) is 16.0. The summed E-state index contributed by atoms with van der Waals surface area (Å²) in [5.41, 5.74) is 4.41. The molecule has 132 valence electrons. The predicted octanol–water partition coefficient (Wildman–Crippen LogP) is 5.37. The van der Waals surface area contributed by atoms with Crippen molar-refractivity contribution in [1.29, 1.82) is 0 Å². The van der Waals surface area contributed by atoms with Gasteiger partial charge in [0.25, 0.3) is 0 Å². The molecule has 0 bridgehead atoms. The number of nitrogens with zero attached hydrogens (tertiary/aromatic N) is 3. The largest absolute Gasteiger partial charge is 0.496 e. The van der Waals surface area contributed by atoms with Gasteiger partial charge in [-0.05, 0) is 40.8 Å². The third kappa shape index (κ3) is 2.76. The van der Waals surface area contributed by atoms with Crippen LogP contribution in [-0.4, -0.2) is 21.9 Å². The molecule has 0 saturated heterocycles. The van der Waals surface area contributed by atoms with Crippen LogP contribution in [0, 0.1) is 0 Å². The van der Waals surface area contributed by atoms with E-state index in [0.29, 0.717) is 0 Å². The van der Waals surface area contributed by atoms with E-state index in [1.165, 1.54) is 15.6 Å². The fraction of sp³-hybridized carbons (Fsp3) is 0.0909. The van der Waals surface area contributed by atoms with Gasteiger partial charge in [-0.15, -0.1) is 11.3 Å². The van der Waals surface area contributed by atoms with Crippen LogP contribution in [-0.2, 0) is 6.54 Å². The number of thiophene rings is 1. The molecule has 0 spiro atoms. The van der Waals surface area contributed by atoms with Gasteiger partial charge >= 0.3 is 0 Å². The minimum absolute atomic E-state index is 0.760. The summed E-state index contributed by atoms with van der Waals surface area (Å²) in [4.78, 5) is 4.65. The van der Waals surface area contributed by atoms with E-state index in [1.807, 2.05) is 35.3 Å². The van der Waals surface area contributed by atoms with Crippen LogP contribution in [0.15, 0.2) is 72.5 Å². The SMILES string of the molecule is COc1ccc2ncc3sccc3c2c1-c1ccc(Cn2cccn2)cc1. The second kappa shape index (κ2) is 6.52. The van der Waals surface area contributed by atoms with Crippen molar-refractivity contribution in [3.63, 3.8) is 0 Å². The summed E-state index contributed by atoms with van der Waals surface area (Å²) in [5, 5.41) is 8.76. The van der Waals surface area contributed by atoms with Crippen LogP contribution < -0.4 is 4.74 Å². The fourth-order valence-corrected chi connectivity index (χ4v) is 4.28. The number of fused-ring (bicyclic) bond motifs is 3. The smallest absolute Gasteiger partial charge is 0.127 e. The number of ether oxygens (including phenoxy) is 1. The van der Waals surface area contributed by atoms with Crippen molar-refractivity contribution in [1.82, 2.24) is 14.8 Å². The number of hydrogen-bond donors (Lipinski definition) is 0. The second-order valence-corrected chi connectivity index (χ2v) is 7.34. The van der Waals surface area contributed by atoms with E-state index in [0.717, 1.165) is 34.3 Å².